The molecule has 0 aliphatic carbocycles. The number of fused-ring (bicyclic) bond motifs is 1. The van der Waals surface area contributed by atoms with Crippen LogP contribution in [-0.4, -0.2) is 58.1 Å². The van der Waals surface area contributed by atoms with Gasteiger partial charge in [0.05, 0.1) is 11.0 Å². The molecule has 204 valence electrons. The van der Waals surface area contributed by atoms with Crippen molar-refractivity contribution in [2.45, 2.75) is 52.0 Å². The second-order valence-corrected chi connectivity index (χ2v) is 10.3. The Labute approximate surface area is 226 Å². The summed E-state index contributed by atoms with van der Waals surface area (Å²) >= 11 is 5.99. The number of piperidine rings is 1. The fourth-order valence-electron chi connectivity index (χ4n) is 4.95. The summed E-state index contributed by atoms with van der Waals surface area (Å²) in [5.74, 6) is 0.813. The lowest BCUT2D eigenvalue weighted by molar-refractivity contribution is -0.0728. The van der Waals surface area contributed by atoms with Crippen molar-refractivity contribution in [2.75, 3.05) is 19.6 Å². The number of para-hydroxylation sites is 2. The van der Waals surface area contributed by atoms with Crippen LogP contribution in [0.1, 0.15) is 39.7 Å². The number of nitrogens with two attached hydrogens (primary N) is 1. The summed E-state index contributed by atoms with van der Waals surface area (Å²) in [6.07, 6.45) is -0.447. The minimum atomic E-state index is -0.867. The molecule has 3 N–H and O–H groups in total. The number of carbonyl (C=O) groups is 2. The maximum atomic E-state index is 13.1. The van der Waals surface area contributed by atoms with Gasteiger partial charge >= 0.3 is 17.8 Å². The predicted molar refractivity (Wildman–Crippen MR) is 146 cm³/mol. The van der Waals surface area contributed by atoms with Gasteiger partial charge in [0.25, 0.3) is 0 Å². The van der Waals surface area contributed by atoms with Crippen LogP contribution in [0.15, 0.2) is 53.3 Å². The van der Waals surface area contributed by atoms with E-state index in [1.54, 1.807) is 41.8 Å². The van der Waals surface area contributed by atoms with Gasteiger partial charge < -0.3 is 20.5 Å². The third-order valence-electron chi connectivity index (χ3n) is 6.82. The van der Waals surface area contributed by atoms with Gasteiger partial charge in [0.2, 0.25) is 0 Å². The summed E-state index contributed by atoms with van der Waals surface area (Å²) in [7, 11) is 0. The zero-order chi connectivity index (χ0) is 27.4. The van der Waals surface area contributed by atoms with Gasteiger partial charge in [-0.25, -0.2) is 19.0 Å². The van der Waals surface area contributed by atoms with Crippen molar-refractivity contribution in [3.05, 3.63) is 64.0 Å². The molecule has 1 fully saturated rings. The third-order valence-corrected chi connectivity index (χ3v) is 7.08. The minimum absolute atomic E-state index is 0.0743. The topological polar surface area (TPSA) is 121 Å². The lowest BCUT2D eigenvalue weighted by Gasteiger charge is -2.39. The summed E-state index contributed by atoms with van der Waals surface area (Å²) in [5.41, 5.74) is 6.23. The number of nitrogens with one attached hydrogen (secondary N) is 1. The Morgan fingerprint density at radius 2 is 1.68 bits per heavy atom. The summed E-state index contributed by atoms with van der Waals surface area (Å²) in [4.78, 5) is 39.6. The van der Waals surface area contributed by atoms with Crippen molar-refractivity contribution in [1.29, 1.82) is 0 Å². The highest BCUT2D eigenvalue weighted by molar-refractivity contribution is 6.30. The maximum absolute atomic E-state index is 13.1. The lowest BCUT2D eigenvalue weighted by Crippen LogP contribution is -2.52. The van der Waals surface area contributed by atoms with Crippen LogP contribution in [0.2, 0.25) is 5.02 Å². The Morgan fingerprint density at radius 1 is 1.05 bits per heavy atom. The van der Waals surface area contributed by atoms with Crippen LogP contribution in [0.3, 0.4) is 0 Å². The lowest BCUT2D eigenvalue weighted by atomic mass is 9.96. The van der Waals surface area contributed by atoms with Crippen molar-refractivity contribution >= 4 is 34.8 Å². The number of amides is 2. The molecule has 11 heteroatoms. The van der Waals surface area contributed by atoms with E-state index in [1.807, 2.05) is 32.0 Å². The van der Waals surface area contributed by atoms with Crippen LogP contribution in [0, 0.1) is 5.92 Å². The summed E-state index contributed by atoms with van der Waals surface area (Å²) in [5, 5.41) is 3.55. The smallest absolute Gasteiger partial charge is 0.404 e. The number of aromatic nitrogens is 2. The molecule has 2 atom stereocenters. The van der Waals surface area contributed by atoms with Crippen LogP contribution >= 0.6 is 11.6 Å². The van der Waals surface area contributed by atoms with Gasteiger partial charge in [-0.1, -0.05) is 23.7 Å². The fourth-order valence-corrected chi connectivity index (χ4v) is 5.08. The van der Waals surface area contributed by atoms with Gasteiger partial charge in [-0.15, -0.1) is 0 Å². The first-order valence-electron chi connectivity index (χ1n) is 12.8. The van der Waals surface area contributed by atoms with Gasteiger partial charge in [-0.3, -0.25) is 9.47 Å². The quantitative estimate of drug-likeness (QED) is 0.439. The molecular weight excluding hydrogens is 510 g/mol. The molecule has 0 spiro atoms. The van der Waals surface area contributed by atoms with Crippen molar-refractivity contribution in [1.82, 2.24) is 19.4 Å². The van der Waals surface area contributed by atoms with E-state index in [2.05, 4.69) is 10.2 Å². The molecule has 2 heterocycles. The van der Waals surface area contributed by atoms with Crippen LogP contribution in [0.4, 0.5) is 9.59 Å². The van der Waals surface area contributed by atoms with Gasteiger partial charge in [-0.05, 0) is 75.9 Å². The Morgan fingerprint density at radius 3 is 2.29 bits per heavy atom. The molecule has 10 nitrogen and oxygen atoms in total. The predicted octanol–water partition coefficient (Wildman–Crippen LogP) is 4.20. The van der Waals surface area contributed by atoms with Gasteiger partial charge in [0.15, 0.2) is 12.3 Å². The van der Waals surface area contributed by atoms with Crippen LogP contribution < -0.4 is 21.5 Å². The van der Waals surface area contributed by atoms with Crippen LogP contribution in [-0.2, 0) is 4.74 Å². The number of halogens is 1. The number of hydrogen-bond donors (Lipinski definition) is 2. The molecule has 0 radical (unpaired) electrons. The first-order valence-corrected chi connectivity index (χ1v) is 13.2. The van der Waals surface area contributed by atoms with E-state index in [0.717, 1.165) is 18.4 Å². The molecule has 0 bridgehead atoms. The minimum Gasteiger partial charge on any atom is -0.471 e. The summed E-state index contributed by atoms with van der Waals surface area (Å²) in [6, 6.07) is 13.8. The Hall–Kier alpha value is -3.50. The van der Waals surface area contributed by atoms with Gasteiger partial charge in [-0.2, -0.15) is 0 Å². The average Bonchev–Trinajstić information content (AvgIpc) is 3.18. The summed E-state index contributed by atoms with van der Waals surface area (Å²) in [6.45, 7) is 7.35. The van der Waals surface area contributed by atoms with E-state index >= 15 is 0 Å². The molecular formula is C27H34ClN5O5. The van der Waals surface area contributed by atoms with Gasteiger partial charge in [0, 0.05) is 30.7 Å². The third kappa shape index (κ3) is 6.14. The van der Waals surface area contributed by atoms with Gasteiger partial charge in [0.1, 0.15) is 5.75 Å². The van der Waals surface area contributed by atoms with E-state index in [0.29, 0.717) is 35.9 Å². The number of hydrogen-bond acceptors (Lipinski definition) is 6. The molecule has 1 saturated heterocycles. The number of ether oxygens (including phenoxy) is 2. The van der Waals surface area contributed by atoms with Crippen LogP contribution in [0.5, 0.6) is 5.75 Å². The molecule has 1 aromatic heterocycles. The Bertz CT molecular complexity index is 1330. The second kappa shape index (κ2) is 11.9. The molecule has 4 rings (SSSR count). The average molecular weight is 544 g/mol. The standard InChI is InChI=1S/C27H34ClN5O5/c1-17(2)32-22-6-4-5-7-23(22)33(27(32)36)26(35)30-16-19-12-14-31(15-13-19)24(18(3)37-25(29)34)38-21-10-8-20(28)9-11-21/h4-11,17-19,24H,12-16H2,1-3H3,(H2,29,34)(H,30,35). The zero-order valence-electron chi connectivity index (χ0n) is 21.8. The van der Waals surface area contributed by atoms with Crippen molar-refractivity contribution < 1.29 is 19.1 Å². The maximum Gasteiger partial charge on any atom is 0.404 e. The zero-order valence-corrected chi connectivity index (χ0v) is 22.6. The molecule has 1 aliphatic heterocycles. The van der Waals surface area contributed by atoms with E-state index in [4.69, 9.17) is 26.8 Å². The number of rotatable bonds is 8. The van der Waals surface area contributed by atoms with E-state index < -0.39 is 24.5 Å². The molecule has 1 aliphatic rings. The molecule has 0 saturated carbocycles. The molecule has 2 aromatic carbocycles. The number of nitrogens with zero attached hydrogens (tertiary/aromatic N) is 3. The molecule has 2 unspecified atom stereocenters. The normalized spacial score (nSPS) is 16.3. The highest BCUT2D eigenvalue weighted by atomic mass is 35.5. The van der Waals surface area contributed by atoms with E-state index in [1.165, 1.54) is 4.57 Å². The monoisotopic (exact) mass is 543 g/mol. The molecule has 2 amide bonds. The first kappa shape index (κ1) is 27.5. The molecule has 3 aromatic rings. The fraction of sp³-hybridized carbons (Fsp3) is 0.444. The Balaban J connectivity index is 1.39. The number of primary amides is 1. The Kier molecular flexibility index (Phi) is 8.63. The van der Waals surface area contributed by atoms with Crippen molar-refractivity contribution in [2.24, 2.45) is 11.7 Å². The number of carbonyl (C=O) groups excluding carboxylic acids is 2. The summed E-state index contributed by atoms with van der Waals surface area (Å²) < 4.78 is 14.2. The van der Waals surface area contributed by atoms with E-state index in [9.17, 15) is 14.4 Å². The van der Waals surface area contributed by atoms with E-state index in [-0.39, 0.29) is 17.6 Å². The first-order chi connectivity index (χ1) is 18.2. The second-order valence-electron chi connectivity index (χ2n) is 9.84. The van der Waals surface area contributed by atoms with Crippen molar-refractivity contribution in [3.8, 4) is 5.75 Å². The van der Waals surface area contributed by atoms with Crippen molar-refractivity contribution in [3.63, 3.8) is 0 Å². The largest absolute Gasteiger partial charge is 0.471 e. The van der Waals surface area contributed by atoms with Crippen LogP contribution in [0.25, 0.3) is 11.0 Å². The highest BCUT2D eigenvalue weighted by Crippen LogP contribution is 2.25. The number of imidazole rings is 1. The number of benzene rings is 2. The molecule has 38 heavy (non-hydrogen) atoms. The number of likely N-dealkylation sites (tertiary alicyclic amines) is 1. The SMILES string of the molecule is CC(OC(N)=O)C(Oc1ccc(Cl)cc1)N1CCC(CNC(=O)n2c(=O)n(C(C)C)c3ccccc32)CC1. The highest BCUT2D eigenvalue weighted by Gasteiger charge is 2.32.